The van der Waals surface area contributed by atoms with Crippen LogP contribution in [0.4, 0.5) is 0 Å². The smallest absolute Gasteiger partial charge is 0.0922 e. The molecule has 5 nitrogen and oxygen atoms in total. The molecule has 0 aliphatic carbocycles. The van der Waals surface area contributed by atoms with Gasteiger partial charge in [-0.2, -0.15) is 0 Å². The Morgan fingerprint density at radius 2 is 2.38 bits per heavy atom. The molecule has 1 unspecified atom stereocenters. The molecule has 0 aromatic carbocycles. The van der Waals surface area contributed by atoms with Crippen molar-refractivity contribution in [3.8, 4) is 0 Å². The molecule has 16 heavy (non-hydrogen) atoms. The summed E-state index contributed by atoms with van der Waals surface area (Å²) in [4.78, 5) is 11.9. The molecule has 5 heteroatoms. The molecule has 2 N–H and O–H groups in total. The van der Waals surface area contributed by atoms with Crippen molar-refractivity contribution in [3.63, 3.8) is 0 Å². The Morgan fingerprint density at radius 3 is 3.12 bits per heavy atom. The van der Waals surface area contributed by atoms with Gasteiger partial charge in [-0.15, -0.1) is 0 Å². The Balaban J connectivity index is 1.72. The fraction of sp³-hybridized carbons (Fsp3) is 0.727. The van der Waals surface area contributed by atoms with Gasteiger partial charge in [0.2, 0.25) is 0 Å². The second kappa shape index (κ2) is 5.43. The van der Waals surface area contributed by atoms with Crippen LogP contribution in [-0.4, -0.2) is 66.1 Å². The molecule has 1 fully saturated rings. The molecular weight excluding hydrogens is 202 g/mol. The summed E-state index contributed by atoms with van der Waals surface area (Å²) in [7, 11) is 4.39. The minimum atomic E-state index is 0.613. The maximum Gasteiger partial charge on any atom is 0.0922 e. The summed E-state index contributed by atoms with van der Waals surface area (Å²) in [6, 6.07) is 0.613. The van der Waals surface area contributed by atoms with Gasteiger partial charge in [0, 0.05) is 50.7 Å². The van der Waals surface area contributed by atoms with Gasteiger partial charge in [-0.1, -0.05) is 0 Å². The van der Waals surface area contributed by atoms with Crippen molar-refractivity contribution in [2.45, 2.75) is 12.6 Å². The summed E-state index contributed by atoms with van der Waals surface area (Å²) in [5, 5.41) is 3.47. The van der Waals surface area contributed by atoms with E-state index in [4.69, 9.17) is 0 Å². The average molecular weight is 223 g/mol. The predicted octanol–water partition coefficient (Wildman–Crippen LogP) is -0.255. The average Bonchev–Trinajstić information content (AvgIpc) is 2.76. The van der Waals surface area contributed by atoms with Crippen LogP contribution in [0, 0.1) is 0 Å². The number of nitrogens with one attached hydrogen (secondary N) is 2. The van der Waals surface area contributed by atoms with E-state index in [1.54, 1.807) is 6.33 Å². The Labute approximate surface area is 96.8 Å². The molecule has 1 aromatic rings. The first-order valence-electron chi connectivity index (χ1n) is 5.82. The second-order valence-electron chi connectivity index (χ2n) is 4.60. The summed E-state index contributed by atoms with van der Waals surface area (Å²) in [5.41, 5.74) is 1.15. The third-order valence-electron chi connectivity index (χ3n) is 3.23. The zero-order valence-electron chi connectivity index (χ0n) is 10.1. The van der Waals surface area contributed by atoms with Crippen LogP contribution in [0.5, 0.6) is 0 Å². The van der Waals surface area contributed by atoms with E-state index in [-0.39, 0.29) is 0 Å². The fourth-order valence-electron chi connectivity index (χ4n) is 2.08. The number of hydrogen-bond acceptors (Lipinski definition) is 4. The van der Waals surface area contributed by atoms with Gasteiger partial charge in [-0.05, 0) is 14.1 Å². The number of aromatic amines is 1. The van der Waals surface area contributed by atoms with E-state index in [0.717, 1.165) is 31.9 Å². The highest BCUT2D eigenvalue weighted by atomic mass is 15.3. The lowest BCUT2D eigenvalue weighted by atomic mass is 10.2. The molecule has 1 aromatic heterocycles. The van der Waals surface area contributed by atoms with Crippen molar-refractivity contribution in [1.29, 1.82) is 0 Å². The van der Waals surface area contributed by atoms with Crippen LogP contribution >= 0.6 is 0 Å². The lowest BCUT2D eigenvalue weighted by molar-refractivity contribution is 0.113. The number of aromatic nitrogens is 2. The van der Waals surface area contributed by atoms with Crippen LogP contribution in [0.3, 0.4) is 0 Å². The number of likely N-dealkylation sites (N-methyl/N-ethyl adjacent to an activating group) is 2. The van der Waals surface area contributed by atoms with E-state index in [1.807, 2.05) is 6.20 Å². The molecule has 2 heterocycles. The highest BCUT2D eigenvalue weighted by molar-refractivity contribution is 4.93. The Hall–Kier alpha value is -0.910. The van der Waals surface area contributed by atoms with Crippen molar-refractivity contribution in [1.82, 2.24) is 25.1 Å². The number of imidazole rings is 1. The van der Waals surface area contributed by atoms with Crippen LogP contribution in [0.15, 0.2) is 12.5 Å². The van der Waals surface area contributed by atoms with Crippen LogP contribution in [0.25, 0.3) is 0 Å². The molecule has 0 saturated carbocycles. The number of piperazine rings is 1. The lowest BCUT2D eigenvalue weighted by Gasteiger charge is -2.37. The summed E-state index contributed by atoms with van der Waals surface area (Å²) in [6.45, 7) is 5.38. The van der Waals surface area contributed by atoms with E-state index >= 15 is 0 Å². The molecule has 0 radical (unpaired) electrons. The zero-order chi connectivity index (χ0) is 11.4. The molecule has 1 aliphatic rings. The molecule has 1 saturated heterocycles. The van der Waals surface area contributed by atoms with Gasteiger partial charge in [-0.3, -0.25) is 4.90 Å². The lowest BCUT2D eigenvalue weighted by Crippen LogP contribution is -2.53. The third-order valence-corrected chi connectivity index (χ3v) is 3.23. The summed E-state index contributed by atoms with van der Waals surface area (Å²) in [5.74, 6) is 0. The largest absolute Gasteiger partial charge is 0.347 e. The van der Waals surface area contributed by atoms with Gasteiger partial charge in [0.25, 0.3) is 0 Å². The minimum Gasteiger partial charge on any atom is -0.347 e. The monoisotopic (exact) mass is 223 g/mol. The van der Waals surface area contributed by atoms with Crippen LogP contribution in [0.1, 0.15) is 5.69 Å². The van der Waals surface area contributed by atoms with Gasteiger partial charge in [0.15, 0.2) is 0 Å². The molecule has 0 spiro atoms. The number of H-pyrrole nitrogens is 1. The zero-order valence-corrected chi connectivity index (χ0v) is 10.1. The highest BCUT2D eigenvalue weighted by Crippen LogP contribution is 2.04. The molecule has 0 bridgehead atoms. The SMILES string of the molecule is CN1CCN(C)C(CNCc2cnc[nH]2)C1. The normalized spacial score (nSPS) is 23.8. The topological polar surface area (TPSA) is 47.2 Å². The van der Waals surface area contributed by atoms with Crippen molar-refractivity contribution in [2.75, 3.05) is 40.3 Å². The van der Waals surface area contributed by atoms with E-state index in [2.05, 4.69) is 39.2 Å². The van der Waals surface area contributed by atoms with Crippen LogP contribution in [-0.2, 0) is 6.54 Å². The van der Waals surface area contributed by atoms with Crippen LogP contribution in [0.2, 0.25) is 0 Å². The van der Waals surface area contributed by atoms with Crippen molar-refractivity contribution < 1.29 is 0 Å². The predicted molar refractivity (Wildman–Crippen MR) is 64.2 cm³/mol. The van der Waals surface area contributed by atoms with E-state index in [1.165, 1.54) is 6.54 Å². The first-order valence-corrected chi connectivity index (χ1v) is 5.82. The number of nitrogens with zero attached hydrogens (tertiary/aromatic N) is 3. The fourth-order valence-corrected chi connectivity index (χ4v) is 2.08. The van der Waals surface area contributed by atoms with Crippen molar-refractivity contribution in [3.05, 3.63) is 18.2 Å². The Morgan fingerprint density at radius 1 is 1.50 bits per heavy atom. The Bertz CT molecular complexity index is 297. The van der Waals surface area contributed by atoms with Gasteiger partial charge in [-0.25, -0.2) is 4.98 Å². The van der Waals surface area contributed by atoms with Gasteiger partial charge < -0.3 is 15.2 Å². The van der Waals surface area contributed by atoms with Gasteiger partial charge in [0.05, 0.1) is 6.33 Å². The van der Waals surface area contributed by atoms with Crippen LogP contribution < -0.4 is 5.32 Å². The maximum atomic E-state index is 4.00. The summed E-state index contributed by atoms with van der Waals surface area (Å²) >= 11 is 0. The first kappa shape index (κ1) is 11.6. The standard InChI is InChI=1S/C11H21N5/c1-15-3-4-16(2)11(8-15)7-12-5-10-6-13-9-14-10/h6,9,11-12H,3-5,7-8H2,1-2H3,(H,13,14). The van der Waals surface area contributed by atoms with E-state index < -0.39 is 0 Å². The van der Waals surface area contributed by atoms with E-state index in [9.17, 15) is 0 Å². The Kier molecular flexibility index (Phi) is 3.93. The molecule has 0 amide bonds. The summed E-state index contributed by atoms with van der Waals surface area (Å²) < 4.78 is 0. The molecule has 1 aliphatic heterocycles. The van der Waals surface area contributed by atoms with E-state index in [0.29, 0.717) is 6.04 Å². The van der Waals surface area contributed by atoms with Gasteiger partial charge in [0.1, 0.15) is 0 Å². The molecule has 1 atom stereocenters. The van der Waals surface area contributed by atoms with Crippen molar-refractivity contribution >= 4 is 0 Å². The molecule has 2 rings (SSSR count). The first-order chi connectivity index (χ1) is 7.75. The van der Waals surface area contributed by atoms with Gasteiger partial charge >= 0.3 is 0 Å². The van der Waals surface area contributed by atoms with Crippen molar-refractivity contribution in [2.24, 2.45) is 0 Å². The molecule has 90 valence electrons. The highest BCUT2D eigenvalue weighted by Gasteiger charge is 2.21. The molecular formula is C11H21N5. The second-order valence-corrected chi connectivity index (χ2v) is 4.60. The number of rotatable bonds is 4. The third kappa shape index (κ3) is 3.04. The quantitative estimate of drug-likeness (QED) is 0.739. The maximum absolute atomic E-state index is 4.00. The minimum absolute atomic E-state index is 0.613. The number of hydrogen-bond donors (Lipinski definition) is 2. The summed E-state index contributed by atoms with van der Waals surface area (Å²) in [6.07, 6.45) is 3.58.